The minimum absolute atomic E-state index is 0.261. The van der Waals surface area contributed by atoms with Crippen LogP contribution >= 0.6 is 0 Å². The Balaban J connectivity index is 2.19. The average molecular weight is 246 g/mol. The van der Waals surface area contributed by atoms with Gasteiger partial charge in [-0.3, -0.25) is 0 Å². The molecule has 2 atom stereocenters. The van der Waals surface area contributed by atoms with Gasteiger partial charge in [-0.1, -0.05) is 6.07 Å². The molecule has 0 bridgehead atoms. The molecule has 0 spiro atoms. The fourth-order valence-corrected chi connectivity index (χ4v) is 2.28. The Bertz CT molecular complexity index is 454. The number of para-hydroxylation sites is 1. The fraction of sp³-hybridized carbons (Fsp3) is 0.500. The van der Waals surface area contributed by atoms with E-state index in [1.54, 1.807) is 13.2 Å². The van der Waals surface area contributed by atoms with Crippen molar-refractivity contribution in [2.45, 2.75) is 31.9 Å². The van der Waals surface area contributed by atoms with E-state index in [0.717, 1.165) is 25.1 Å². The lowest BCUT2D eigenvalue weighted by Crippen LogP contribution is -2.32. The number of nitrogens with one attached hydrogen (secondary N) is 1. The zero-order chi connectivity index (χ0) is 13.0. The van der Waals surface area contributed by atoms with E-state index in [-0.39, 0.29) is 6.10 Å². The van der Waals surface area contributed by atoms with Crippen LogP contribution in [-0.4, -0.2) is 25.9 Å². The number of anilines is 1. The van der Waals surface area contributed by atoms with Crippen molar-refractivity contribution < 1.29 is 9.47 Å². The van der Waals surface area contributed by atoms with Gasteiger partial charge >= 0.3 is 0 Å². The summed E-state index contributed by atoms with van der Waals surface area (Å²) in [6.45, 7) is 2.83. The molecular weight excluding hydrogens is 228 g/mol. The highest BCUT2D eigenvalue weighted by Gasteiger charge is 2.21. The molecular formula is C14H18N2O2. The van der Waals surface area contributed by atoms with Gasteiger partial charge < -0.3 is 14.8 Å². The second kappa shape index (κ2) is 5.74. The first kappa shape index (κ1) is 12.7. The Morgan fingerprint density at radius 2 is 2.33 bits per heavy atom. The minimum Gasteiger partial charge on any atom is -0.495 e. The molecule has 18 heavy (non-hydrogen) atoms. The molecule has 1 fully saturated rings. The van der Waals surface area contributed by atoms with Gasteiger partial charge in [0.2, 0.25) is 0 Å². The first-order valence-electron chi connectivity index (χ1n) is 6.20. The van der Waals surface area contributed by atoms with Gasteiger partial charge in [-0.05, 0) is 31.9 Å². The summed E-state index contributed by atoms with van der Waals surface area (Å²) in [4.78, 5) is 0. The van der Waals surface area contributed by atoms with Crippen LogP contribution in [0.2, 0.25) is 0 Å². The van der Waals surface area contributed by atoms with Crippen LogP contribution in [0.25, 0.3) is 0 Å². The second-order valence-electron chi connectivity index (χ2n) is 4.54. The standard InChI is InChI=1S/C14H18N2O2/c1-10-8-12(6-7-18-10)16-14-11(9-15)4-3-5-13(14)17-2/h3-5,10,12,16H,6-8H2,1-2H3. The van der Waals surface area contributed by atoms with Crippen molar-refractivity contribution in [3.63, 3.8) is 0 Å². The maximum atomic E-state index is 9.15. The molecule has 96 valence electrons. The van der Waals surface area contributed by atoms with Crippen LogP contribution in [0.1, 0.15) is 25.3 Å². The molecule has 0 amide bonds. The van der Waals surface area contributed by atoms with Crippen molar-refractivity contribution in [1.82, 2.24) is 0 Å². The van der Waals surface area contributed by atoms with Gasteiger partial charge in [0.25, 0.3) is 0 Å². The van der Waals surface area contributed by atoms with E-state index in [1.165, 1.54) is 0 Å². The molecule has 1 heterocycles. The van der Waals surface area contributed by atoms with Gasteiger partial charge in [-0.15, -0.1) is 0 Å². The topological polar surface area (TPSA) is 54.3 Å². The van der Waals surface area contributed by atoms with E-state index in [2.05, 4.69) is 18.3 Å². The molecule has 0 aliphatic carbocycles. The van der Waals surface area contributed by atoms with Crippen LogP contribution < -0.4 is 10.1 Å². The average Bonchev–Trinajstić information content (AvgIpc) is 2.39. The molecule has 1 aliphatic rings. The molecule has 1 N–H and O–H groups in total. The molecule has 1 saturated heterocycles. The largest absolute Gasteiger partial charge is 0.495 e. The Labute approximate surface area is 108 Å². The molecule has 1 aliphatic heterocycles. The van der Waals surface area contributed by atoms with E-state index < -0.39 is 0 Å². The lowest BCUT2D eigenvalue weighted by atomic mass is 10.0. The lowest BCUT2D eigenvalue weighted by molar-refractivity contribution is 0.0232. The van der Waals surface area contributed by atoms with Crippen LogP contribution in [0.3, 0.4) is 0 Å². The molecule has 1 aromatic carbocycles. The van der Waals surface area contributed by atoms with E-state index in [1.807, 2.05) is 12.1 Å². The number of methoxy groups -OCH3 is 1. The third kappa shape index (κ3) is 2.74. The first-order valence-corrected chi connectivity index (χ1v) is 6.20. The van der Waals surface area contributed by atoms with Crippen LogP contribution in [0.15, 0.2) is 18.2 Å². The van der Waals surface area contributed by atoms with Crippen molar-refractivity contribution in [3.05, 3.63) is 23.8 Å². The Kier molecular flexibility index (Phi) is 4.06. The summed E-state index contributed by atoms with van der Waals surface area (Å²) >= 11 is 0. The molecule has 0 radical (unpaired) electrons. The van der Waals surface area contributed by atoms with Crippen molar-refractivity contribution >= 4 is 5.69 Å². The van der Waals surface area contributed by atoms with E-state index in [9.17, 15) is 0 Å². The van der Waals surface area contributed by atoms with Gasteiger partial charge in [0, 0.05) is 12.6 Å². The monoisotopic (exact) mass is 246 g/mol. The van der Waals surface area contributed by atoms with Crippen molar-refractivity contribution in [2.24, 2.45) is 0 Å². The molecule has 4 heteroatoms. The molecule has 4 nitrogen and oxygen atoms in total. The molecule has 2 rings (SSSR count). The number of hydrogen-bond acceptors (Lipinski definition) is 4. The maximum absolute atomic E-state index is 9.15. The highest BCUT2D eigenvalue weighted by atomic mass is 16.5. The van der Waals surface area contributed by atoms with Crippen molar-refractivity contribution in [2.75, 3.05) is 19.0 Å². The molecule has 0 saturated carbocycles. The van der Waals surface area contributed by atoms with Gasteiger partial charge in [0.1, 0.15) is 11.8 Å². The summed E-state index contributed by atoms with van der Waals surface area (Å²) in [5, 5.41) is 12.6. The minimum atomic E-state index is 0.261. The smallest absolute Gasteiger partial charge is 0.143 e. The van der Waals surface area contributed by atoms with Crippen molar-refractivity contribution in [3.8, 4) is 11.8 Å². The third-order valence-corrected chi connectivity index (χ3v) is 3.20. The Morgan fingerprint density at radius 3 is 3.00 bits per heavy atom. The first-order chi connectivity index (χ1) is 8.74. The zero-order valence-electron chi connectivity index (χ0n) is 10.8. The van der Waals surface area contributed by atoms with Gasteiger partial charge in [0.05, 0.1) is 24.5 Å². The normalized spacial score (nSPS) is 23.2. The number of nitrogens with zero attached hydrogens (tertiary/aromatic N) is 1. The van der Waals surface area contributed by atoms with Crippen LogP contribution in [0.4, 0.5) is 5.69 Å². The van der Waals surface area contributed by atoms with E-state index >= 15 is 0 Å². The molecule has 1 aromatic rings. The number of rotatable bonds is 3. The number of nitriles is 1. The van der Waals surface area contributed by atoms with Crippen molar-refractivity contribution in [1.29, 1.82) is 5.26 Å². The summed E-state index contributed by atoms with van der Waals surface area (Å²) in [5.74, 6) is 0.716. The second-order valence-corrected chi connectivity index (χ2v) is 4.54. The number of ether oxygens (including phenoxy) is 2. The van der Waals surface area contributed by atoms with Crippen LogP contribution in [-0.2, 0) is 4.74 Å². The summed E-state index contributed by atoms with van der Waals surface area (Å²) < 4.78 is 10.8. The third-order valence-electron chi connectivity index (χ3n) is 3.20. The SMILES string of the molecule is COc1cccc(C#N)c1NC1CCOC(C)C1. The highest BCUT2D eigenvalue weighted by molar-refractivity contribution is 5.66. The molecule has 2 unspecified atom stereocenters. The Hall–Kier alpha value is -1.73. The maximum Gasteiger partial charge on any atom is 0.143 e. The van der Waals surface area contributed by atoms with E-state index in [0.29, 0.717) is 17.4 Å². The number of benzene rings is 1. The lowest BCUT2D eigenvalue weighted by Gasteiger charge is -2.29. The summed E-state index contributed by atoms with van der Waals surface area (Å²) in [5.41, 5.74) is 1.41. The Morgan fingerprint density at radius 1 is 1.50 bits per heavy atom. The number of hydrogen-bond donors (Lipinski definition) is 1. The molecule has 0 aromatic heterocycles. The fourth-order valence-electron chi connectivity index (χ4n) is 2.28. The van der Waals surface area contributed by atoms with Gasteiger partial charge in [0.15, 0.2) is 0 Å². The quantitative estimate of drug-likeness (QED) is 0.890. The van der Waals surface area contributed by atoms with E-state index in [4.69, 9.17) is 14.7 Å². The summed E-state index contributed by atoms with van der Waals surface area (Å²) in [7, 11) is 1.62. The predicted octanol–water partition coefficient (Wildman–Crippen LogP) is 2.55. The summed E-state index contributed by atoms with van der Waals surface area (Å²) in [6, 6.07) is 8.02. The van der Waals surface area contributed by atoms with Crippen LogP contribution in [0.5, 0.6) is 5.75 Å². The van der Waals surface area contributed by atoms with Crippen LogP contribution in [0, 0.1) is 11.3 Å². The zero-order valence-corrected chi connectivity index (χ0v) is 10.8. The summed E-state index contributed by atoms with van der Waals surface area (Å²) in [6.07, 6.45) is 2.16. The van der Waals surface area contributed by atoms with Gasteiger partial charge in [-0.2, -0.15) is 5.26 Å². The van der Waals surface area contributed by atoms with Gasteiger partial charge in [-0.25, -0.2) is 0 Å². The predicted molar refractivity (Wildman–Crippen MR) is 69.8 cm³/mol. The highest BCUT2D eigenvalue weighted by Crippen LogP contribution is 2.30.